The van der Waals surface area contributed by atoms with Gasteiger partial charge in [0.1, 0.15) is 0 Å². The molecule has 3 unspecified atom stereocenters. The fraction of sp³-hybridized carbons (Fsp3) is 0.357. The molecule has 0 radical (unpaired) electrons. The zero-order chi connectivity index (χ0) is 21.0. The van der Waals surface area contributed by atoms with Crippen LogP contribution in [-0.4, -0.2) is 12.2 Å². The first-order chi connectivity index (χ1) is 15.3. The second-order valence-corrected chi connectivity index (χ2v) is 9.06. The first-order valence-corrected chi connectivity index (χ1v) is 11.8. The molecule has 3 atom stereocenters. The minimum atomic E-state index is 0.239. The van der Waals surface area contributed by atoms with Gasteiger partial charge in [-0.1, -0.05) is 60.8 Å². The Morgan fingerprint density at radius 2 is 1.65 bits per heavy atom. The number of nitrogens with one attached hydrogen (secondary N) is 2. The van der Waals surface area contributed by atoms with Gasteiger partial charge in [-0.25, -0.2) is 0 Å². The van der Waals surface area contributed by atoms with Crippen LogP contribution < -0.4 is 16.4 Å². The van der Waals surface area contributed by atoms with Crippen LogP contribution in [0.2, 0.25) is 0 Å². The van der Waals surface area contributed by atoms with Crippen molar-refractivity contribution in [1.29, 1.82) is 0 Å². The van der Waals surface area contributed by atoms with Crippen LogP contribution in [0.4, 0.5) is 0 Å². The van der Waals surface area contributed by atoms with E-state index in [1.54, 1.807) is 0 Å². The number of allylic oxidation sites excluding steroid dienone is 13. The van der Waals surface area contributed by atoms with Crippen molar-refractivity contribution >= 4 is 0 Å². The molecule has 160 valence electrons. The highest BCUT2D eigenvalue weighted by atomic mass is 15.2. The van der Waals surface area contributed by atoms with Crippen LogP contribution in [0.5, 0.6) is 0 Å². The third-order valence-corrected chi connectivity index (χ3v) is 6.92. The molecule has 0 amide bonds. The largest absolute Gasteiger partial charge is 0.402 e. The van der Waals surface area contributed by atoms with E-state index in [1.807, 2.05) is 0 Å². The van der Waals surface area contributed by atoms with E-state index >= 15 is 0 Å². The van der Waals surface area contributed by atoms with Crippen molar-refractivity contribution < 1.29 is 0 Å². The van der Waals surface area contributed by atoms with Gasteiger partial charge >= 0.3 is 0 Å². The van der Waals surface area contributed by atoms with E-state index in [0.717, 1.165) is 50.6 Å². The van der Waals surface area contributed by atoms with Crippen LogP contribution in [0.3, 0.4) is 0 Å². The average Bonchev–Trinajstić information content (AvgIpc) is 2.85. The highest BCUT2D eigenvalue weighted by Gasteiger charge is 2.29. The maximum absolute atomic E-state index is 5.94. The fourth-order valence-corrected chi connectivity index (χ4v) is 5.05. The maximum atomic E-state index is 5.94. The molecule has 3 heteroatoms. The van der Waals surface area contributed by atoms with Crippen LogP contribution in [-0.2, 0) is 0 Å². The predicted molar refractivity (Wildman–Crippen MR) is 130 cm³/mol. The minimum absolute atomic E-state index is 0.239. The van der Waals surface area contributed by atoms with Gasteiger partial charge in [0, 0.05) is 17.3 Å². The molecule has 0 saturated heterocycles. The van der Waals surface area contributed by atoms with E-state index < -0.39 is 0 Å². The Balaban J connectivity index is 1.40. The lowest BCUT2D eigenvalue weighted by Gasteiger charge is -2.38. The number of nitrogens with two attached hydrogens (primary N) is 1. The standard InChI is InChI=1S/C28H33N3/c29-25-17-15-21(16-18-25)20-11-13-23(14-12-20)27-19-26(22-7-3-1-4-8-22)30-28(31-27)24-9-5-2-6-10-24/h2-3,5-9,11,13,15,17,19,24,26,28,30-31H,1,4,10,12,14,16,18,29H2. The van der Waals surface area contributed by atoms with Gasteiger partial charge in [0.2, 0.25) is 0 Å². The van der Waals surface area contributed by atoms with Crippen molar-refractivity contribution in [1.82, 2.24) is 10.6 Å². The first-order valence-electron chi connectivity index (χ1n) is 11.8. The summed E-state index contributed by atoms with van der Waals surface area (Å²) in [5.74, 6) is 0.462. The van der Waals surface area contributed by atoms with E-state index in [4.69, 9.17) is 5.73 Å². The van der Waals surface area contributed by atoms with E-state index in [9.17, 15) is 0 Å². The molecule has 4 aliphatic carbocycles. The second kappa shape index (κ2) is 9.15. The van der Waals surface area contributed by atoms with Crippen molar-refractivity contribution in [3.8, 4) is 0 Å². The summed E-state index contributed by atoms with van der Waals surface area (Å²) in [6.45, 7) is 0. The van der Waals surface area contributed by atoms with Gasteiger partial charge in [0.25, 0.3) is 0 Å². The Kier molecular flexibility index (Phi) is 5.95. The van der Waals surface area contributed by atoms with Crippen LogP contribution in [0, 0.1) is 5.92 Å². The van der Waals surface area contributed by atoms with Crippen molar-refractivity contribution in [2.45, 2.75) is 57.2 Å². The summed E-state index contributed by atoms with van der Waals surface area (Å²) in [6, 6.07) is 0.262. The number of hydrogen-bond donors (Lipinski definition) is 3. The summed E-state index contributed by atoms with van der Waals surface area (Å²) < 4.78 is 0. The number of hydrogen-bond acceptors (Lipinski definition) is 3. The first kappa shape index (κ1) is 20.1. The van der Waals surface area contributed by atoms with E-state index in [-0.39, 0.29) is 12.2 Å². The highest BCUT2D eigenvalue weighted by Crippen LogP contribution is 2.33. The van der Waals surface area contributed by atoms with Gasteiger partial charge in [-0.3, -0.25) is 5.32 Å². The van der Waals surface area contributed by atoms with Gasteiger partial charge in [-0.05, 0) is 79.4 Å². The lowest BCUT2D eigenvalue weighted by atomic mass is 9.86. The summed E-state index contributed by atoms with van der Waals surface area (Å²) in [7, 11) is 0. The molecule has 0 spiro atoms. The monoisotopic (exact) mass is 411 g/mol. The van der Waals surface area contributed by atoms with Crippen LogP contribution >= 0.6 is 0 Å². The molecule has 0 aromatic heterocycles. The summed E-state index contributed by atoms with van der Waals surface area (Å²) in [5.41, 5.74) is 14.0. The summed E-state index contributed by atoms with van der Waals surface area (Å²) in [6.07, 6.45) is 35.1. The van der Waals surface area contributed by atoms with Gasteiger partial charge in [0.05, 0.1) is 12.2 Å². The molecule has 0 aromatic rings. The molecule has 0 aromatic carbocycles. The third-order valence-electron chi connectivity index (χ3n) is 6.92. The van der Waals surface area contributed by atoms with E-state index in [1.165, 1.54) is 28.0 Å². The maximum Gasteiger partial charge on any atom is 0.0842 e. The highest BCUT2D eigenvalue weighted by molar-refractivity contribution is 5.47. The molecular weight excluding hydrogens is 378 g/mol. The quantitative estimate of drug-likeness (QED) is 0.582. The molecular formula is C28H33N3. The second-order valence-electron chi connectivity index (χ2n) is 9.06. The van der Waals surface area contributed by atoms with Crippen molar-refractivity contribution in [3.05, 3.63) is 107 Å². The SMILES string of the molecule is NC1=CC=C(C2=CC=C(C3=CC(C4=CCCC=C4)NC(C4C=CC=CC4)N3)CC2)CC1. The lowest BCUT2D eigenvalue weighted by Crippen LogP contribution is -2.54. The topological polar surface area (TPSA) is 50.1 Å². The normalized spacial score (nSPS) is 30.4. The van der Waals surface area contributed by atoms with Crippen LogP contribution in [0.1, 0.15) is 44.9 Å². The Labute approximate surface area is 186 Å². The Bertz CT molecular complexity index is 993. The molecule has 3 nitrogen and oxygen atoms in total. The summed E-state index contributed by atoms with van der Waals surface area (Å²) in [4.78, 5) is 0. The Morgan fingerprint density at radius 3 is 2.32 bits per heavy atom. The van der Waals surface area contributed by atoms with Crippen molar-refractivity contribution in [3.63, 3.8) is 0 Å². The predicted octanol–water partition coefficient (Wildman–Crippen LogP) is 5.38. The van der Waals surface area contributed by atoms with E-state index in [2.05, 4.69) is 83.5 Å². The molecule has 31 heavy (non-hydrogen) atoms. The zero-order valence-electron chi connectivity index (χ0n) is 18.2. The third kappa shape index (κ3) is 4.62. The lowest BCUT2D eigenvalue weighted by molar-refractivity contribution is 0.341. The van der Waals surface area contributed by atoms with Gasteiger partial charge in [-0.2, -0.15) is 0 Å². The Morgan fingerprint density at radius 1 is 0.839 bits per heavy atom. The fourth-order valence-electron chi connectivity index (χ4n) is 5.05. The minimum Gasteiger partial charge on any atom is -0.402 e. The van der Waals surface area contributed by atoms with Crippen molar-refractivity contribution in [2.75, 3.05) is 0 Å². The Hall–Kier alpha value is -2.78. The molecule has 0 saturated carbocycles. The molecule has 0 bridgehead atoms. The molecule has 4 N–H and O–H groups in total. The smallest absolute Gasteiger partial charge is 0.0842 e. The van der Waals surface area contributed by atoms with Gasteiger partial charge in [0.15, 0.2) is 0 Å². The average molecular weight is 412 g/mol. The molecule has 0 fully saturated rings. The molecule has 1 aliphatic heterocycles. The molecule has 1 heterocycles. The van der Waals surface area contributed by atoms with Gasteiger partial charge in [-0.15, -0.1) is 0 Å². The molecule has 5 aliphatic rings. The van der Waals surface area contributed by atoms with Gasteiger partial charge < -0.3 is 11.1 Å². The summed E-state index contributed by atoms with van der Waals surface area (Å²) >= 11 is 0. The van der Waals surface area contributed by atoms with Crippen LogP contribution in [0.15, 0.2) is 107 Å². The van der Waals surface area contributed by atoms with Crippen molar-refractivity contribution in [2.24, 2.45) is 11.7 Å². The zero-order valence-corrected chi connectivity index (χ0v) is 18.2. The van der Waals surface area contributed by atoms with E-state index in [0.29, 0.717) is 5.92 Å². The summed E-state index contributed by atoms with van der Waals surface area (Å²) in [5, 5.41) is 7.70. The van der Waals surface area contributed by atoms with Crippen LogP contribution in [0.25, 0.3) is 0 Å². The number of rotatable bonds is 4. The molecule has 5 rings (SSSR count).